The molecule has 2 N–H and O–H groups in total. The molecule has 0 spiro atoms. The molecule has 0 atom stereocenters. The molecule has 0 unspecified atom stereocenters. The Labute approximate surface area is 156 Å². The number of azide groups is 1. The number of hydrogen-bond donors (Lipinski definition) is 2. The highest BCUT2D eigenvalue weighted by molar-refractivity contribution is 5.75. The summed E-state index contributed by atoms with van der Waals surface area (Å²) in [4.78, 5) is 11.5. The van der Waals surface area contributed by atoms with Crippen LogP contribution in [0.1, 0.15) is 16.7 Å². The topological polar surface area (TPSA) is 122 Å². The predicted octanol–water partition coefficient (Wildman–Crippen LogP) is 5.39. The van der Waals surface area contributed by atoms with Crippen LogP contribution in [0.3, 0.4) is 0 Å². The number of benzene rings is 2. The molecule has 0 aliphatic heterocycles. The van der Waals surface area contributed by atoms with E-state index in [4.69, 9.17) is 10.8 Å². The largest absolute Gasteiger partial charge is 0.339 e. The van der Waals surface area contributed by atoms with Gasteiger partial charge in [0.15, 0.2) is 0 Å². The molecule has 1 heterocycles. The molecule has 0 aliphatic carbocycles. The number of nitriles is 1. The molecule has 0 saturated heterocycles. The maximum atomic E-state index is 8.86. The molecular weight excluding hydrogens is 340 g/mol. The van der Waals surface area contributed by atoms with E-state index < -0.39 is 0 Å². The molecule has 27 heavy (non-hydrogen) atoms. The van der Waals surface area contributed by atoms with Crippen LogP contribution in [0.25, 0.3) is 10.4 Å². The van der Waals surface area contributed by atoms with Crippen molar-refractivity contribution in [2.24, 2.45) is 5.11 Å². The standard InChI is InChI=1S/C19H16N8/c1-12-9-13(2)18(16(10-12)26-27-21)24-17-7-8-22-19(25-17)23-15-5-3-14(11-20)4-6-15/h3-10H,1-2H3,(H2,22,23,24,25). The van der Waals surface area contributed by atoms with Gasteiger partial charge in [0.1, 0.15) is 5.82 Å². The van der Waals surface area contributed by atoms with Gasteiger partial charge in [0.25, 0.3) is 0 Å². The first kappa shape index (κ1) is 17.7. The highest BCUT2D eigenvalue weighted by atomic mass is 15.2. The summed E-state index contributed by atoms with van der Waals surface area (Å²) in [5, 5.41) is 18.9. The summed E-state index contributed by atoms with van der Waals surface area (Å²) < 4.78 is 0. The minimum atomic E-state index is 0.403. The van der Waals surface area contributed by atoms with Crippen molar-refractivity contribution in [1.82, 2.24) is 9.97 Å². The monoisotopic (exact) mass is 356 g/mol. The van der Waals surface area contributed by atoms with Gasteiger partial charge in [0, 0.05) is 16.8 Å². The van der Waals surface area contributed by atoms with Gasteiger partial charge in [-0.05, 0) is 61.3 Å². The van der Waals surface area contributed by atoms with Gasteiger partial charge in [0.05, 0.1) is 23.0 Å². The van der Waals surface area contributed by atoms with Crippen LogP contribution in [-0.2, 0) is 0 Å². The van der Waals surface area contributed by atoms with Crippen LogP contribution in [0.15, 0.2) is 53.8 Å². The lowest BCUT2D eigenvalue weighted by Gasteiger charge is -2.13. The summed E-state index contributed by atoms with van der Waals surface area (Å²) in [6.45, 7) is 3.88. The van der Waals surface area contributed by atoms with Crippen LogP contribution in [0, 0.1) is 25.2 Å². The molecule has 0 aliphatic rings. The van der Waals surface area contributed by atoms with Gasteiger partial charge in [-0.2, -0.15) is 10.2 Å². The van der Waals surface area contributed by atoms with Gasteiger partial charge >= 0.3 is 0 Å². The Morgan fingerprint density at radius 2 is 1.89 bits per heavy atom. The highest BCUT2D eigenvalue weighted by Gasteiger charge is 2.08. The number of aromatic nitrogens is 2. The Morgan fingerprint density at radius 3 is 2.59 bits per heavy atom. The van der Waals surface area contributed by atoms with E-state index in [1.54, 1.807) is 36.5 Å². The Bertz CT molecular complexity index is 1060. The zero-order valence-electron chi connectivity index (χ0n) is 14.8. The van der Waals surface area contributed by atoms with Crippen molar-refractivity contribution in [3.05, 3.63) is 75.8 Å². The summed E-state index contributed by atoms with van der Waals surface area (Å²) >= 11 is 0. The lowest BCUT2D eigenvalue weighted by molar-refractivity contribution is 1.16. The smallest absolute Gasteiger partial charge is 0.229 e. The SMILES string of the molecule is Cc1cc(C)c(Nc2ccnc(Nc3ccc(C#N)cc3)n2)c(N=[N+]=[N-])c1. The van der Waals surface area contributed by atoms with E-state index in [0.717, 1.165) is 16.8 Å². The van der Waals surface area contributed by atoms with Crippen molar-refractivity contribution in [1.29, 1.82) is 5.26 Å². The fourth-order valence-electron chi connectivity index (χ4n) is 2.61. The van der Waals surface area contributed by atoms with E-state index in [0.29, 0.717) is 28.7 Å². The molecule has 0 bridgehead atoms. The van der Waals surface area contributed by atoms with E-state index in [9.17, 15) is 0 Å². The van der Waals surface area contributed by atoms with Crippen LogP contribution in [-0.4, -0.2) is 9.97 Å². The fraction of sp³-hybridized carbons (Fsp3) is 0.105. The maximum absolute atomic E-state index is 8.86. The van der Waals surface area contributed by atoms with Crippen LogP contribution < -0.4 is 10.6 Å². The van der Waals surface area contributed by atoms with Crippen molar-refractivity contribution in [3.8, 4) is 6.07 Å². The number of nitrogens with one attached hydrogen (secondary N) is 2. The molecule has 0 fully saturated rings. The first-order chi connectivity index (χ1) is 13.1. The Morgan fingerprint density at radius 1 is 1.11 bits per heavy atom. The quantitative estimate of drug-likeness (QED) is 0.360. The summed E-state index contributed by atoms with van der Waals surface area (Å²) in [6, 6.07) is 14.6. The van der Waals surface area contributed by atoms with Crippen molar-refractivity contribution >= 4 is 28.8 Å². The molecule has 8 nitrogen and oxygen atoms in total. The van der Waals surface area contributed by atoms with E-state index in [1.807, 2.05) is 26.0 Å². The zero-order valence-corrected chi connectivity index (χ0v) is 14.8. The van der Waals surface area contributed by atoms with Crippen molar-refractivity contribution in [2.45, 2.75) is 13.8 Å². The van der Waals surface area contributed by atoms with Crippen LogP contribution >= 0.6 is 0 Å². The third-order valence-corrected chi connectivity index (χ3v) is 3.79. The molecule has 3 aromatic rings. The zero-order chi connectivity index (χ0) is 19.2. The van der Waals surface area contributed by atoms with E-state index in [2.05, 4.69) is 36.7 Å². The average molecular weight is 356 g/mol. The normalized spacial score (nSPS) is 9.81. The van der Waals surface area contributed by atoms with Crippen molar-refractivity contribution in [2.75, 3.05) is 10.6 Å². The van der Waals surface area contributed by atoms with Crippen LogP contribution in [0.5, 0.6) is 0 Å². The molecule has 132 valence electrons. The minimum Gasteiger partial charge on any atom is -0.339 e. The van der Waals surface area contributed by atoms with Gasteiger partial charge in [-0.3, -0.25) is 0 Å². The van der Waals surface area contributed by atoms with Crippen LogP contribution in [0.4, 0.5) is 28.8 Å². The minimum absolute atomic E-state index is 0.403. The van der Waals surface area contributed by atoms with Gasteiger partial charge in [-0.25, -0.2) is 4.98 Å². The van der Waals surface area contributed by atoms with E-state index in [1.165, 1.54) is 0 Å². The first-order valence-corrected chi connectivity index (χ1v) is 8.12. The number of hydrogen-bond acceptors (Lipinski definition) is 6. The fourth-order valence-corrected chi connectivity index (χ4v) is 2.61. The molecule has 8 heteroatoms. The van der Waals surface area contributed by atoms with E-state index in [-0.39, 0.29) is 0 Å². The second-order valence-electron chi connectivity index (χ2n) is 5.87. The third-order valence-electron chi connectivity index (χ3n) is 3.79. The molecule has 0 amide bonds. The number of anilines is 4. The maximum Gasteiger partial charge on any atom is 0.229 e. The molecule has 0 radical (unpaired) electrons. The Hall–Kier alpha value is -4.08. The lowest BCUT2D eigenvalue weighted by Crippen LogP contribution is -2.01. The predicted molar refractivity (Wildman–Crippen MR) is 104 cm³/mol. The van der Waals surface area contributed by atoms with Gasteiger partial charge in [-0.1, -0.05) is 16.7 Å². The van der Waals surface area contributed by atoms with Crippen LogP contribution in [0.2, 0.25) is 0 Å². The summed E-state index contributed by atoms with van der Waals surface area (Å²) in [5.41, 5.74) is 13.3. The molecule has 1 aromatic heterocycles. The average Bonchev–Trinajstić information content (AvgIpc) is 2.66. The second kappa shape index (κ2) is 7.87. The van der Waals surface area contributed by atoms with Crippen molar-refractivity contribution < 1.29 is 0 Å². The number of rotatable bonds is 5. The number of nitrogens with zero attached hydrogens (tertiary/aromatic N) is 6. The lowest BCUT2D eigenvalue weighted by atomic mass is 10.1. The first-order valence-electron chi connectivity index (χ1n) is 8.12. The molecule has 0 saturated carbocycles. The summed E-state index contributed by atoms with van der Waals surface area (Å²) in [6.07, 6.45) is 1.62. The third kappa shape index (κ3) is 4.31. The highest BCUT2D eigenvalue weighted by Crippen LogP contribution is 2.32. The Balaban J connectivity index is 1.86. The second-order valence-corrected chi connectivity index (χ2v) is 5.87. The molecule has 2 aromatic carbocycles. The van der Waals surface area contributed by atoms with Crippen molar-refractivity contribution in [3.63, 3.8) is 0 Å². The number of aryl methyl sites for hydroxylation is 2. The summed E-state index contributed by atoms with van der Waals surface area (Å²) in [7, 11) is 0. The molecular formula is C19H16N8. The molecule has 3 rings (SSSR count). The van der Waals surface area contributed by atoms with Gasteiger partial charge in [0.2, 0.25) is 5.95 Å². The van der Waals surface area contributed by atoms with Gasteiger partial charge in [-0.15, -0.1) is 0 Å². The van der Waals surface area contributed by atoms with E-state index >= 15 is 0 Å². The Kier molecular flexibility index (Phi) is 5.17. The summed E-state index contributed by atoms with van der Waals surface area (Å²) in [5.74, 6) is 0.960. The van der Waals surface area contributed by atoms with Gasteiger partial charge < -0.3 is 10.6 Å².